The van der Waals surface area contributed by atoms with E-state index >= 15 is 0 Å². The van der Waals surface area contributed by atoms with Gasteiger partial charge < -0.3 is 10.1 Å². The molecule has 0 saturated carbocycles. The third kappa shape index (κ3) is 3.02. The van der Waals surface area contributed by atoms with E-state index in [2.05, 4.69) is 15.0 Å². The Labute approximate surface area is 80.9 Å². The van der Waals surface area contributed by atoms with Crippen LogP contribution in [0.1, 0.15) is 12.6 Å². The highest BCUT2D eigenvalue weighted by molar-refractivity contribution is 7.13. The van der Waals surface area contributed by atoms with Gasteiger partial charge >= 0.3 is 5.97 Å². The lowest BCUT2D eigenvalue weighted by Crippen LogP contribution is -2.05. The van der Waals surface area contributed by atoms with Crippen LogP contribution in [0.15, 0.2) is 5.38 Å². The third-order valence-electron chi connectivity index (χ3n) is 1.43. The Morgan fingerprint density at radius 1 is 1.77 bits per heavy atom. The van der Waals surface area contributed by atoms with E-state index in [9.17, 15) is 4.79 Å². The number of thiazole rings is 1. The van der Waals surface area contributed by atoms with E-state index in [0.717, 1.165) is 17.4 Å². The number of aromatic nitrogens is 1. The minimum atomic E-state index is -0.256. The van der Waals surface area contributed by atoms with E-state index in [1.165, 1.54) is 18.4 Å². The van der Waals surface area contributed by atoms with E-state index in [1.807, 2.05) is 12.3 Å². The van der Waals surface area contributed by atoms with Crippen molar-refractivity contribution >= 4 is 22.4 Å². The molecule has 0 aliphatic rings. The van der Waals surface area contributed by atoms with Crippen molar-refractivity contribution in [3.8, 4) is 0 Å². The van der Waals surface area contributed by atoms with Gasteiger partial charge in [0.15, 0.2) is 5.13 Å². The van der Waals surface area contributed by atoms with Crippen molar-refractivity contribution in [2.75, 3.05) is 19.0 Å². The maximum atomic E-state index is 10.9. The smallest absolute Gasteiger partial charge is 0.311 e. The van der Waals surface area contributed by atoms with E-state index in [4.69, 9.17) is 0 Å². The maximum absolute atomic E-state index is 10.9. The second-order valence-corrected chi connectivity index (χ2v) is 3.29. The Morgan fingerprint density at radius 3 is 3.15 bits per heavy atom. The van der Waals surface area contributed by atoms with Gasteiger partial charge in [0.05, 0.1) is 19.2 Å². The molecule has 1 aromatic heterocycles. The van der Waals surface area contributed by atoms with Crippen molar-refractivity contribution in [3.63, 3.8) is 0 Å². The lowest BCUT2D eigenvalue weighted by Gasteiger charge is -1.95. The highest BCUT2D eigenvalue weighted by Crippen LogP contribution is 2.15. The van der Waals surface area contributed by atoms with Crippen molar-refractivity contribution in [1.82, 2.24) is 4.98 Å². The minimum Gasteiger partial charge on any atom is -0.469 e. The molecule has 0 spiro atoms. The highest BCUT2D eigenvalue weighted by atomic mass is 32.1. The number of nitrogens with one attached hydrogen (secondary N) is 1. The van der Waals surface area contributed by atoms with Crippen LogP contribution in [-0.4, -0.2) is 24.6 Å². The molecule has 0 bridgehead atoms. The van der Waals surface area contributed by atoms with E-state index in [-0.39, 0.29) is 12.4 Å². The number of rotatable bonds is 4. The van der Waals surface area contributed by atoms with Gasteiger partial charge in [-0.05, 0) is 6.92 Å². The van der Waals surface area contributed by atoms with Crippen molar-refractivity contribution in [2.24, 2.45) is 0 Å². The average Bonchev–Trinajstić information content (AvgIpc) is 2.53. The number of methoxy groups -OCH3 is 1. The quantitative estimate of drug-likeness (QED) is 0.744. The van der Waals surface area contributed by atoms with E-state index in [1.54, 1.807) is 0 Å². The van der Waals surface area contributed by atoms with Crippen molar-refractivity contribution in [1.29, 1.82) is 0 Å². The molecule has 4 nitrogen and oxygen atoms in total. The van der Waals surface area contributed by atoms with Gasteiger partial charge in [-0.1, -0.05) is 0 Å². The van der Waals surface area contributed by atoms with Gasteiger partial charge in [-0.15, -0.1) is 11.3 Å². The first-order valence-corrected chi connectivity index (χ1v) is 4.89. The number of ether oxygens (including phenoxy) is 1. The van der Waals surface area contributed by atoms with Crippen LogP contribution in [0, 0.1) is 0 Å². The Hall–Kier alpha value is -1.10. The summed E-state index contributed by atoms with van der Waals surface area (Å²) in [5.41, 5.74) is 0.757. The van der Waals surface area contributed by atoms with Crippen molar-refractivity contribution < 1.29 is 9.53 Å². The molecular weight excluding hydrogens is 188 g/mol. The first-order chi connectivity index (χ1) is 6.26. The zero-order valence-corrected chi connectivity index (χ0v) is 8.48. The van der Waals surface area contributed by atoms with Gasteiger partial charge in [-0.25, -0.2) is 4.98 Å². The molecule has 5 heteroatoms. The number of carbonyl (C=O) groups excluding carboxylic acids is 1. The molecule has 0 saturated heterocycles. The van der Waals surface area contributed by atoms with Crippen molar-refractivity contribution in [2.45, 2.75) is 13.3 Å². The van der Waals surface area contributed by atoms with Crippen LogP contribution < -0.4 is 5.32 Å². The zero-order chi connectivity index (χ0) is 9.68. The zero-order valence-electron chi connectivity index (χ0n) is 7.66. The van der Waals surface area contributed by atoms with Crippen LogP contribution in [0.5, 0.6) is 0 Å². The fraction of sp³-hybridized carbons (Fsp3) is 0.500. The van der Waals surface area contributed by atoms with Crippen LogP contribution in [0.3, 0.4) is 0 Å². The average molecular weight is 200 g/mol. The SMILES string of the molecule is CCNc1nc(CC(=O)OC)cs1. The molecule has 1 heterocycles. The number of nitrogens with zero attached hydrogens (tertiary/aromatic N) is 1. The fourth-order valence-electron chi connectivity index (χ4n) is 0.841. The van der Waals surface area contributed by atoms with Gasteiger partial charge in [0.2, 0.25) is 0 Å². The van der Waals surface area contributed by atoms with Crippen LogP contribution in [0.25, 0.3) is 0 Å². The highest BCUT2D eigenvalue weighted by Gasteiger charge is 2.06. The normalized spacial score (nSPS) is 9.69. The first-order valence-electron chi connectivity index (χ1n) is 4.01. The molecule has 0 aromatic carbocycles. The molecule has 1 aromatic rings. The lowest BCUT2D eigenvalue weighted by molar-refractivity contribution is -0.139. The topological polar surface area (TPSA) is 51.2 Å². The molecule has 1 rings (SSSR count). The number of esters is 1. The molecule has 72 valence electrons. The summed E-state index contributed by atoms with van der Waals surface area (Å²) >= 11 is 1.50. The minimum absolute atomic E-state index is 0.248. The van der Waals surface area contributed by atoms with E-state index < -0.39 is 0 Å². The number of hydrogen-bond acceptors (Lipinski definition) is 5. The summed E-state index contributed by atoms with van der Waals surface area (Å²) in [5.74, 6) is -0.256. The largest absolute Gasteiger partial charge is 0.469 e. The number of hydrogen-bond donors (Lipinski definition) is 1. The summed E-state index contributed by atoms with van der Waals surface area (Å²) in [4.78, 5) is 15.1. The molecule has 0 radical (unpaired) electrons. The Balaban J connectivity index is 2.53. The summed E-state index contributed by atoms with van der Waals surface area (Å²) in [6, 6.07) is 0. The van der Waals surface area contributed by atoms with E-state index in [0.29, 0.717) is 0 Å². The Kier molecular flexibility index (Phi) is 3.70. The van der Waals surface area contributed by atoms with Crippen LogP contribution >= 0.6 is 11.3 Å². The Morgan fingerprint density at radius 2 is 2.54 bits per heavy atom. The molecule has 0 aliphatic heterocycles. The summed E-state index contributed by atoms with van der Waals surface area (Å²) in [5, 5.41) is 5.78. The van der Waals surface area contributed by atoms with Crippen molar-refractivity contribution in [3.05, 3.63) is 11.1 Å². The molecule has 0 fully saturated rings. The van der Waals surface area contributed by atoms with Gasteiger partial charge in [0, 0.05) is 11.9 Å². The molecule has 0 aliphatic carbocycles. The second-order valence-electron chi connectivity index (χ2n) is 2.43. The third-order valence-corrected chi connectivity index (χ3v) is 2.28. The first kappa shape index (κ1) is 9.98. The number of anilines is 1. The molecule has 0 atom stereocenters. The van der Waals surface area contributed by atoms with Gasteiger partial charge in [0.25, 0.3) is 0 Å². The van der Waals surface area contributed by atoms with Gasteiger partial charge in [-0.3, -0.25) is 4.79 Å². The number of carbonyl (C=O) groups is 1. The predicted molar refractivity (Wildman–Crippen MR) is 52.0 cm³/mol. The molecule has 1 N–H and O–H groups in total. The van der Waals surface area contributed by atoms with Gasteiger partial charge in [0.1, 0.15) is 0 Å². The molecule has 0 amide bonds. The summed E-state index contributed by atoms with van der Waals surface area (Å²) in [6.45, 7) is 2.84. The predicted octanol–water partition coefficient (Wildman–Crippen LogP) is 1.29. The van der Waals surface area contributed by atoms with Crippen LogP contribution in [0.4, 0.5) is 5.13 Å². The lowest BCUT2D eigenvalue weighted by atomic mass is 10.3. The summed E-state index contributed by atoms with van der Waals surface area (Å²) in [6.07, 6.45) is 0.248. The molecule has 0 unspecified atom stereocenters. The Bertz CT molecular complexity index is 285. The molecule has 13 heavy (non-hydrogen) atoms. The fourth-order valence-corrected chi connectivity index (χ4v) is 1.62. The maximum Gasteiger partial charge on any atom is 0.311 e. The van der Waals surface area contributed by atoms with Crippen LogP contribution in [-0.2, 0) is 16.0 Å². The second kappa shape index (κ2) is 4.81. The van der Waals surface area contributed by atoms with Crippen LogP contribution in [0.2, 0.25) is 0 Å². The summed E-state index contributed by atoms with van der Waals surface area (Å²) < 4.78 is 4.53. The molecular formula is C8H12N2O2S. The van der Waals surface area contributed by atoms with Gasteiger partial charge in [-0.2, -0.15) is 0 Å². The monoisotopic (exact) mass is 200 g/mol. The standard InChI is InChI=1S/C8H12N2O2S/c1-3-9-8-10-6(5-13-8)4-7(11)12-2/h5H,3-4H2,1-2H3,(H,9,10). The summed E-state index contributed by atoms with van der Waals surface area (Å²) in [7, 11) is 1.37.